The topological polar surface area (TPSA) is 52.6 Å². The number of fused-ring (bicyclic) bond motifs is 1. The third-order valence-electron chi connectivity index (χ3n) is 5.81. The van der Waals surface area contributed by atoms with Crippen LogP contribution < -0.4 is 9.47 Å². The van der Waals surface area contributed by atoms with Gasteiger partial charge in [0.25, 0.3) is 0 Å². The second kappa shape index (κ2) is 6.93. The monoisotopic (exact) mass is 376 g/mol. The lowest BCUT2D eigenvalue weighted by Gasteiger charge is -2.38. The predicted octanol–water partition coefficient (Wildman–Crippen LogP) is 5.09. The number of Topliss-reactive ketones (excluding diaryl/α,β-unsaturated/α-hetero) is 2. The van der Waals surface area contributed by atoms with Crippen LogP contribution in [-0.4, -0.2) is 18.7 Å². The fourth-order valence-corrected chi connectivity index (χ4v) is 4.07. The molecule has 0 bridgehead atoms. The largest absolute Gasteiger partial charge is 0.497 e. The lowest BCUT2D eigenvalue weighted by atomic mass is 9.69. The number of rotatable bonds is 4. The summed E-state index contributed by atoms with van der Waals surface area (Å²) in [6.45, 7) is 3.95. The molecule has 4 heteroatoms. The Balaban J connectivity index is 1.72. The van der Waals surface area contributed by atoms with E-state index in [2.05, 4.69) is 0 Å². The number of hydrogen-bond donors (Lipinski definition) is 0. The number of benzene rings is 2. The van der Waals surface area contributed by atoms with Gasteiger partial charge in [-0.15, -0.1) is 0 Å². The second-order valence-electron chi connectivity index (χ2n) is 8.10. The fourth-order valence-electron chi connectivity index (χ4n) is 4.07. The number of carbonyl (C=O) groups is 2. The molecule has 1 aliphatic heterocycles. The highest BCUT2D eigenvalue weighted by molar-refractivity contribution is 6.04. The molecule has 4 nitrogen and oxygen atoms in total. The fraction of sp³-hybridized carbons (Fsp3) is 0.333. The molecule has 0 saturated heterocycles. The number of methoxy groups -OCH3 is 1. The van der Waals surface area contributed by atoms with Crippen molar-refractivity contribution in [2.24, 2.45) is 5.41 Å². The van der Waals surface area contributed by atoms with Crippen molar-refractivity contribution in [1.29, 1.82) is 0 Å². The van der Waals surface area contributed by atoms with Gasteiger partial charge in [-0.05, 0) is 36.8 Å². The van der Waals surface area contributed by atoms with E-state index in [1.807, 2.05) is 38.1 Å². The van der Waals surface area contributed by atoms with E-state index in [-0.39, 0.29) is 23.9 Å². The molecule has 2 aliphatic rings. The zero-order chi connectivity index (χ0) is 19.9. The summed E-state index contributed by atoms with van der Waals surface area (Å²) in [6, 6.07) is 14.8. The van der Waals surface area contributed by atoms with Gasteiger partial charge in [0.1, 0.15) is 17.3 Å². The van der Waals surface area contributed by atoms with Gasteiger partial charge in [-0.25, -0.2) is 0 Å². The van der Waals surface area contributed by atoms with Crippen molar-refractivity contribution in [3.05, 3.63) is 71.0 Å². The van der Waals surface area contributed by atoms with E-state index in [0.717, 1.165) is 29.9 Å². The van der Waals surface area contributed by atoms with Gasteiger partial charge in [-0.3, -0.25) is 9.59 Å². The van der Waals surface area contributed by atoms with Gasteiger partial charge < -0.3 is 9.47 Å². The molecule has 0 aromatic heterocycles. The molecule has 1 aliphatic carbocycles. The zero-order valence-corrected chi connectivity index (χ0v) is 16.5. The summed E-state index contributed by atoms with van der Waals surface area (Å²) in [4.78, 5) is 26.3. The van der Waals surface area contributed by atoms with E-state index >= 15 is 0 Å². The van der Waals surface area contributed by atoms with Gasteiger partial charge >= 0.3 is 0 Å². The Morgan fingerprint density at radius 2 is 1.86 bits per heavy atom. The quantitative estimate of drug-likeness (QED) is 0.698. The molecular formula is C24H24O4. The summed E-state index contributed by atoms with van der Waals surface area (Å²) in [5.74, 6) is 2.02. The first kappa shape index (κ1) is 18.5. The molecule has 4 rings (SSSR count). The van der Waals surface area contributed by atoms with Crippen molar-refractivity contribution < 1.29 is 19.1 Å². The van der Waals surface area contributed by atoms with Crippen LogP contribution in [0, 0.1) is 5.41 Å². The van der Waals surface area contributed by atoms with E-state index < -0.39 is 5.41 Å². The Labute approximate surface area is 165 Å². The molecular weight excluding hydrogens is 352 g/mol. The molecule has 0 saturated carbocycles. The molecule has 144 valence electrons. The standard InChI is InChI=1S/C24H24O4/c1-24(2)13-12-21-22(23(24)26)18(17-6-4-5-7-20(17)28-21)14-19(25)15-8-10-16(27-3)11-9-15/h4-11,18H,12-14H2,1-3H3. The zero-order valence-electron chi connectivity index (χ0n) is 16.5. The van der Waals surface area contributed by atoms with Crippen molar-refractivity contribution in [3.8, 4) is 11.5 Å². The molecule has 0 amide bonds. The van der Waals surface area contributed by atoms with Crippen LogP contribution in [0.3, 0.4) is 0 Å². The third-order valence-corrected chi connectivity index (χ3v) is 5.81. The lowest BCUT2D eigenvalue weighted by Crippen LogP contribution is -2.36. The van der Waals surface area contributed by atoms with Crippen LogP contribution in [0.15, 0.2) is 59.9 Å². The van der Waals surface area contributed by atoms with E-state index in [1.165, 1.54) is 0 Å². The molecule has 1 atom stereocenters. The Hall–Kier alpha value is -2.88. The molecule has 0 radical (unpaired) electrons. The van der Waals surface area contributed by atoms with Gasteiger partial charge in [0.15, 0.2) is 11.6 Å². The highest BCUT2D eigenvalue weighted by atomic mass is 16.5. The molecule has 2 aromatic rings. The van der Waals surface area contributed by atoms with Gasteiger partial charge in [0, 0.05) is 40.9 Å². The maximum Gasteiger partial charge on any atom is 0.168 e. The minimum absolute atomic E-state index is 0.00684. The number of ether oxygens (including phenoxy) is 2. The van der Waals surface area contributed by atoms with Crippen molar-refractivity contribution in [2.45, 2.75) is 39.0 Å². The predicted molar refractivity (Wildman–Crippen MR) is 107 cm³/mol. The van der Waals surface area contributed by atoms with Crippen LogP contribution in [0.5, 0.6) is 11.5 Å². The van der Waals surface area contributed by atoms with Crippen molar-refractivity contribution >= 4 is 11.6 Å². The number of ketones is 2. The summed E-state index contributed by atoms with van der Waals surface area (Å²) in [5.41, 5.74) is 1.77. The summed E-state index contributed by atoms with van der Waals surface area (Å²) < 4.78 is 11.3. The third kappa shape index (κ3) is 3.13. The lowest BCUT2D eigenvalue weighted by molar-refractivity contribution is -0.125. The average Bonchev–Trinajstić information content (AvgIpc) is 2.71. The molecule has 1 heterocycles. The van der Waals surface area contributed by atoms with Gasteiger partial charge in [-0.2, -0.15) is 0 Å². The second-order valence-corrected chi connectivity index (χ2v) is 8.10. The molecule has 0 fully saturated rings. The SMILES string of the molecule is COc1ccc(C(=O)CC2C3=C(CCC(C)(C)C3=O)Oc3ccccc32)cc1. The van der Waals surface area contributed by atoms with Crippen LogP contribution >= 0.6 is 0 Å². The van der Waals surface area contributed by atoms with E-state index in [4.69, 9.17) is 9.47 Å². The maximum atomic E-state index is 13.2. The number of allylic oxidation sites excluding steroid dienone is 2. The van der Waals surface area contributed by atoms with Crippen LogP contribution in [0.1, 0.15) is 54.9 Å². The van der Waals surface area contributed by atoms with Crippen LogP contribution in [0.4, 0.5) is 0 Å². The summed E-state index contributed by atoms with van der Waals surface area (Å²) in [5, 5.41) is 0. The van der Waals surface area contributed by atoms with Crippen LogP contribution in [-0.2, 0) is 4.79 Å². The highest BCUT2D eigenvalue weighted by Crippen LogP contribution is 2.48. The van der Waals surface area contributed by atoms with E-state index in [1.54, 1.807) is 31.4 Å². The first-order valence-electron chi connectivity index (χ1n) is 9.62. The first-order valence-corrected chi connectivity index (χ1v) is 9.62. The Bertz CT molecular complexity index is 966. The molecule has 28 heavy (non-hydrogen) atoms. The Morgan fingerprint density at radius 3 is 2.57 bits per heavy atom. The number of carbonyl (C=O) groups excluding carboxylic acids is 2. The highest BCUT2D eigenvalue weighted by Gasteiger charge is 2.43. The minimum atomic E-state index is -0.435. The Kier molecular flexibility index (Phi) is 4.58. The van der Waals surface area contributed by atoms with Gasteiger partial charge in [-0.1, -0.05) is 32.0 Å². The van der Waals surface area contributed by atoms with Crippen LogP contribution in [0.25, 0.3) is 0 Å². The van der Waals surface area contributed by atoms with Gasteiger partial charge in [0.05, 0.1) is 7.11 Å². The smallest absolute Gasteiger partial charge is 0.168 e. The number of para-hydroxylation sites is 1. The van der Waals surface area contributed by atoms with E-state index in [0.29, 0.717) is 16.9 Å². The summed E-state index contributed by atoms with van der Waals surface area (Å²) in [6.07, 6.45) is 1.72. The average molecular weight is 376 g/mol. The van der Waals surface area contributed by atoms with Crippen molar-refractivity contribution in [2.75, 3.05) is 7.11 Å². The van der Waals surface area contributed by atoms with Gasteiger partial charge in [0.2, 0.25) is 0 Å². The van der Waals surface area contributed by atoms with Crippen molar-refractivity contribution in [3.63, 3.8) is 0 Å². The summed E-state index contributed by atoms with van der Waals surface area (Å²) >= 11 is 0. The maximum absolute atomic E-state index is 13.2. The molecule has 0 spiro atoms. The minimum Gasteiger partial charge on any atom is -0.497 e. The summed E-state index contributed by atoms with van der Waals surface area (Å²) in [7, 11) is 1.60. The van der Waals surface area contributed by atoms with Crippen molar-refractivity contribution in [1.82, 2.24) is 0 Å². The molecule has 1 unspecified atom stereocenters. The first-order chi connectivity index (χ1) is 13.4. The normalized spacial score (nSPS) is 20.1. The molecule has 0 N–H and O–H groups in total. The van der Waals surface area contributed by atoms with Crippen LogP contribution in [0.2, 0.25) is 0 Å². The number of hydrogen-bond acceptors (Lipinski definition) is 4. The Morgan fingerprint density at radius 1 is 1.14 bits per heavy atom. The van der Waals surface area contributed by atoms with E-state index in [9.17, 15) is 9.59 Å². The molecule has 2 aromatic carbocycles.